The van der Waals surface area contributed by atoms with E-state index in [9.17, 15) is 5.11 Å². The first kappa shape index (κ1) is 26.0. The normalized spacial score (nSPS) is 17.0. The lowest BCUT2D eigenvalue weighted by molar-refractivity contribution is 0.125. The Labute approximate surface area is 238 Å². The van der Waals surface area contributed by atoms with Crippen molar-refractivity contribution in [1.29, 1.82) is 0 Å². The number of fused-ring (bicyclic) bond motifs is 2. The SMILES string of the molecule is CC(C)(C)CN1CCC2(CC1)CN(c1ccccc1Nc1nnc(-c3ccncc3)s1)c1c(O)ccc(Cl)c12. The van der Waals surface area contributed by atoms with E-state index in [2.05, 4.69) is 57.1 Å². The van der Waals surface area contributed by atoms with Gasteiger partial charge in [-0.25, -0.2) is 0 Å². The fourth-order valence-electron chi connectivity index (χ4n) is 6.03. The quantitative estimate of drug-likeness (QED) is 0.266. The number of phenolic OH excluding ortho intramolecular Hbond substituents is 1. The third kappa shape index (κ3) is 5.09. The number of aromatic nitrogens is 3. The number of pyridine rings is 1. The van der Waals surface area contributed by atoms with Crippen LogP contribution in [0.15, 0.2) is 60.9 Å². The lowest BCUT2D eigenvalue weighted by Crippen LogP contribution is -2.46. The molecule has 2 aliphatic rings. The molecular formula is C30H33ClN6OS. The van der Waals surface area contributed by atoms with Crippen molar-refractivity contribution in [2.75, 3.05) is 36.4 Å². The van der Waals surface area contributed by atoms with Gasteiger partial charge in [-0.2, -0.15) is 0 Å². The lowest BCUT2D eigenvalue weighted by atomic mass is 9.74. The van der Waals surface area contributed by atoms with Crippen LogP contribution in [0.5, 0.6) is 5.75 Å². The highest BCUT2D eigenvalue weighted by Gasteiger charge is 2.48. The predicted octanol–water partition coefficient (Wildman–Crippen LogP) is 7.23. The molecule has 2 N–H and O–H groups in total. The number of piperidine rings is 1. The molecule has 0 amide bonds. The van der Waals surface area contributed by atoms with E-state index < -0.39 is 0 Å². The van der Waals surface area contributed by atoms with Crippen molar-refractivity contribution >= 4 is 45.1 Å². The van der Waals surface area contributed by atoms with Gasteiger partial charge in [0.05, 0.1) is 17.1 Å². The molecule has 0 aliphatic carbocycles. The summed E-state index contributed by atoms with van der Waals surface area (Å²) in [6, 6.07) is 15.6. The zero-order valence-corrected chi connectivity index (χ0v) is 24.1. The second-order valence-corrected chi connectivity index (χ2v) is 13.2. The van der Waals surface area contributed by atoms with Crippen LogP contribution in [-0.4, -0.2) is 51.4 Å². The van der Waals surface area contributed by atoms with Crippen LogP contribution >= 0.6 is 22.9 Å². The number of benzene rings is 2. The van der Waals surface area contributed by atoms with Gasteiger partial charge in [0.15, 0.2) is 0 Å². The molecule has 6 rings (SSSR count). The van der Waals surface area contributed by atoms with E-state index in [1.807, 2.05) is 36.4 Å². The number of likely N-dealkylation sites (tertiary alicyclic amines) is 1. The summed E-state index contributed by atoms with van der Waals surface area (Å²) in [6.07, 6.45) is 5.50. The lowest BCUT2D eigenvalue weighted by Gasteiger charge is -2.42. The highest BCUT2D eigenvalue weighted by Crippen LogP contribution is 2.56. The molecule has 0 unspecified atom stereocenters. The Bertz CT molecular complexity index is 1480. The van der Waals surface area contributed by atoms with Gasteiger partial charge >= 0.3 is 0 Å². The molecular weight excluding hydrogens is 528 g/mol. The minimum atomic E-state index is -0.121. The largest absolute Gasteiger partial charge is 0.506 e. The van der Waals surface area contributed by atoms with Crippen molar-refractivity contribution in [3.8, 4) is 16.3 Å². The maximum absolute atomic E-state index is 11.2. The maximum atomic E-state index is 11.2. The van der Waals surface area contributed by atoms with Gasteiger partial charge in [-0.1, -0.05) is 55.8 Å². The standard InChI is InChI=1S/C30H33ClN6OS/c1-29(2,3)18-36-16-12-30(13-17-36)19-37(26-24(38)9-8-21(31)25(26)30)23-7-5-4-6-22(23)33-28-35-34-27(39-28)20-10-14-32-15-11-20/h4-11,14-15,38H,12-13,16-19H2,1-3H3,(H,33,35). The van der Waals surface area contributed by atoms with E-state index in [1.54, 1.807) is 18.5 Å². The highest BCUT2D eigenvalue weighted by molar-refractivity contribution is 7.18. The Kier molecular flexibility index (Phi) is 6.73. The minimum absolute atomic E-state index is 0.121. The Morgan fingerprint density at radius 2 is 1.77 bits per heavy atom. The molecule has 0 saturated carbocycles. The average molecular weight is 561 g/mol. The Hall–Kier alpha value is -3.20. The first-order valence-corrected chi connectivity index (χ1v) is 14.5. The number of aromatic hydroxyl groups is 1. The summed E-state index contributed by atoms with van der Waals surface area (Å²) in [5, 5.41) is 25.7. The second kappa shape index (κ2) is 10.1. The van der Waals surface area contributed by atoms with E-state index in [4.69, 9.17) is 11.6 Å². The van der Waals surface area contributed by atoms with E-state index in [-0.39, 0.29) is 16.6 Å². The van der Waals surface area contributed by atoms with Gasteiger partial charge in [0, 0.05) is 47.0 Å². The summed E-state index contributed by atoms with van der Waals surface area (Å²) in [5.41, 5.74) is 4.89. The first-order valence-electron chi connectivity index (χ1n) is 13.3. The molecule has 0 bridgehead atoms. The number of anilines is 4. The van der Waals surface area contributed by atoms with Crippen LogP contribution < -0.4 is 10.2 Å². The van der Waals surface area contributed by atoms with Crippen molar-refractivity contribution in [2.24, 2.45) is 5.41 Å². The number of halogens is 1. The maximum Gasteiger partial charge on any atom is 0.210 e. The third-order valence-electron chi connectivity index (χ3n) is 7.67. The van der Waals surface area contributed by atoms with Crippen molar-refractivity contribution < 1.29 is 5.11 Å². The number of phenols is 1. The fraction of sp³-hybridized carbons (Fsp3) is 0.367. The first-order chi connectivity index (χ1) is 18.7. The summed E-state index contributed by atoms with van der Waals surface area (Å²) in [5.74, 6) is 0.258. The van der Waals surface area contributed by atoms with Gasteiger partial charge in [-0.15, -0.1) is 10.2 Å². The number of rotatable bonds is 5. The van der Waals surface area contributed by atoms with Crippen LogP contribution in [-0.2, 0) is 5.41 Å². The fourth-order valence-corrected chi connectivity index (χ4v) is 7.15. The van der Waals surface area contributed by atoms with Crippen molar-refractivity contribution in [3.05, 3.63) is 71.5 Å². The Balaban J connectivity index is 1.33. The van der Waals surface area contributed by atoms with Crippen LogP contribution in [0.25, 0.3) is 10.6 Å². The molecule has 0 atom stereocenters. The smallest absolute Gasteiger partial charge is 0.210 e. The molecule has 2 aliphatic heterocycles. The van der Waals surface area contributed by atoms with Crippen LogP contribution in [0.3, 0.4) is 0 Å². The topological polar surface area (TPSA) is 77.4 Å². The van der Waals surface area contributed by atoms with Crippen molar-refractivity contribution in [1.82, 2.24) is 20.1 Å². The molecule has 1 saturated heterocycles. The molecule has 9 heteroatoms. The number of nitrogens with zero attached hydrogens (tertiary/aromatic N) is 5. The number of hydrogen-bond donors (Lipinski definition) is 2. The van der Waals surface area contributed by atoms with Gasteiger partial charge in [0.25, 0.3) is 0 Å². The number of nitrogens with one attached hydrogen (secondary N) is 1. The molecule has 2 aromatic heterocycles. The molecule has 39 heavy (non-hydrogen) atoms. The zero-order chi connectivity index (χ0) is 27.2. The molecule has 4 heterocycles. The van der Waals surface area contributed by atoms with Crippen LogP contribution in [0.4, 0.5) is 22.2 Å². The van der Waals surface area contributed by atoms with Crippen molar-refractivity contribution in [3.63, 3.8) is 0 Å². The summed E-state index contributed by atoms with van der Waals surface area (Å²) in [7, 11) is 0. The van der Waals surface area contributed by atoms with Crippen LogP contribution in [0, 0.1) is 5.41 Å². The Morgan fingerprint density at radius 1 is 1.03 bits per heavy atom. The molecule has 0 radical (unpaired) electrons. The van der Waals surface area contributed by atoms with E-state index in [1.165, 1.54) is 11.3 Å². The Morgan fingerprint density at radius 3 is 2.51 bits per heavy atom. The summed E-state index contributed by atoms with van der Waals surface area (Å²) >= 11 is 8.40. The molecule has 1 spiro atoms. The van der Waals surface area contributed by atoms with E-state index in [0.29, 0.717) is 5.13 Å². The van der Waals surface area contributed by atoms with E-state index >= 15 is 0 Å². The van der Waals surface area contributed by atoms with E-state index in [0.717, 1.165) is 77.2 Å². The monoisotopic (exact) mass is 560 g/mol. The molecule has 7 nitrogen and oxygen atoms in total. The molecule has 1 fully saturated rings. The third-order valence-corrected chi connectivity index (χ3v) is 8.87. The van der Waals surface area contributed by atoms with Gasteiger partial charge < -0.3 is 20.2 Å². The molecule has 202 valence electrons. The predicted molar refractivity (Wildman–Crippen MR) is 160 cm³/mol. The number of para-hydroxylation sites is 2. The molecule has 4 aromatic rings. The van der Waals surface area contributed by atoms with Crippen LogP contribution in [0.1, 0.15) is 39.2 Å². The zero-order valence-electron chi connectivity index (χ0n) is 22.5. The van der Waals surface area contributed by atoms with Gasteiger partial charge in [0.2, 0.25) is 5.13 Å². The van der Waals surface area contributed by atoms with Crippen molar-refractivity contribution in [2.45, 2.75) is 39.0 Å². The van der Waals surface area contributed by atoms with Gasteiger partial charge in [-0.05, 0) is 67.7 Å². The summed E-state index contributed by atoms with van der Waals surface area (Å²) < 4.78 is 0. The molecule has 2 aromatic carbocycles. The average Bonchev–Trinajstić information content (AvgIpc) is 3.52. The summed E-state index contributed by atoms with van der Waals surface area (Å²) in [4.78, 5) is 8.90. The van der Waals surface area contributed by atoms with Crippen LogP contribution in [0.2, 0.25) is 5.02 Å². The number of hydrogen-bond acceptors (Lipinski definition) is 8. The second-order valence-electron chi connectivity index (χ2n) is 11.8. The summed E-state index contributed by atoms with van der Waals surface area (Å²) in [6.45, 7) is 10.7. The van der Waals surface area contributed by atoms with Gasteiger partial charge in [-0.3, -0.25) is 4.98 Å². The minimum Gasteiger partial charge on any atom is -0.506 e. The van der Waals surface area contributed by atoms with Gasteiger partial charge in [0.1, 0.15) is 10.8 Å². The highest BCUT2D eigenvalue weighted by atomic mass is 35.5.